The maximum absolute atomic E-state index is 2.55. The van der Waals surface area contributed by atoms with Gasteiger partial charge in [0.1, 0.15) is 0 Å². The summed E-state index contributed by atoms with van der Waals surface area (Å²) in [5, 5.41) is 1.09. The van der Waals surface area contributed by atoms with Crippen LogP contribution in [-0.2, 0) is 0 Å². The molecule has 3 fully saturated rings. The van der Waals surface area contributed by atoms with Crippen LogP contribution in [0.15, 0.2) is 12.2 Å². The van der Waals surface area contributed by atoms with E-state index in [1.807, 2.05) is 0 Å². The summed E-state index contributed by atoms with van der Waals surface area (Å²) >= 11 is 2.30. The van der Waals surface area contributed by atoms with Crippen LogP contribution in [0.1, 0.15) is 19.3 Å². The fourth-order valence-corrected chi connectivity index (χ4v) is 6.45. The molecule has 0 aromatic rings. The maximum Gasteiger partial charge on any atom is 0.0110 e. The predicted molar refractivity (Wildman–Crippen MR) is 56.7 cm³/mol. The largest absolute Gasteiger partial charge is 0.158 e. The summed E-state index contributed by atoms with van der Waals surface area (Å²) in [5.74, 6) is 6.91. The lowest BCUT2D eigenvalue weighted by Crippen LogP contribution is -2.31. The Bertz CT molecular complexity index is 268. The van der Waals surface area contributed by atoms with Crippen LogP contribution in [0.2, 0.25) is 0 Å². The number of allylic oxidation sites excluding steroid dienone is 2. The van der Waals surface area contributed by atoms with Crippen molar-refractivity contribution in [3.8, 4) is 0 Å². The third-order valence-corrected chi connectivity index (χ3v) is 6.56. The van der Waals surface area contributed by atoms with Crippen molar-refractivity contribution in [1.29, 1.82) is 0 Å². The normalized spacial score (nSPS) is 61.5. The summed E-state index contributed by atoms with van der Waals surface area (Å²) in [6.45, 7) is 0. The predicted octanol–water partition coefficient (Wildman–Crippen LogP) is 2.95. The van der Waals surface area contributed by atoms with Gasteiger partial charge in [0.15, 0.2) is 0 Å². The van der Waals surface area contributed by atoms with Gasteiger partial charge in [-0.15, -0.1) is 0 Å². The van der Waals surface area contributed by atoms with Gasteiger partial charge in [-0.1, -0.05) is 12.2 Å². The van der Waals surface area contributed by atoms with Crippen LogP contribution in [0.25, 0.3) is 0 Å². The third-order valence-electron chi connectivity index (χ3n) is 5.01. The van der Waals surface area contributed by atoms with Gasteiger partial charge in [-0.2, -0.15) is 11.8 Å². The average molecular weight is 192 g/mol. The number of hydrogen-bond acceptors (Lipinski definition) is 1. The van der Waals surface area contributed by atoms with Crippen molar-refractivity contribution in [3.63, 3.8) is 0 Å². The minimum absolute atomic E-state index is 1.02. The quantitative estimate of drug-likeness (QED) is 0.532. The minimum Gasteiger partial charge on any atom is -0.158 e. The van der Waals surface area contributed by atoms with Gasteiger partial charge >= 0.3 is 0 Å². The highest BCUT2D eigenvalue weighted by Crippen LogP contribution is 2.64. The zero-order valence-corrected chi connectivity index (χ0v) is 8.67. The molecule has 0 aromatic heterocycles. The lowest BCUT2D eigenvalue weighted by molar-refractivity contribution is 0.224. The Balaban J connectivity index is 1.75. The van der Waals surface area contributed by atoms with Crippen LogP contribution in [0.5, 0.6) is 0 Å². The first-order valence-electron chi connectivity index (χ1n) is 5.73. The fraction of sp³-hybridized carbons (Fsp3) is 0.833. The van der Waals surface area contributed by atoms with Crippen LogP contribution < -0.4 is 0 Å². The maximum atomic E-state index is 2.55. The molecule has 0 N–H and O–H groups in total. The molecule has 0 radical (unpaired) electrons. The molecule has 2 saturated carbocycles. The first-order valence-corrected chi connectivity index (χ1v) is 6.78. The Labute approximate surface area is 84.2 Å². The summed E-state index contributed by atoms with van der Waals surface area (Å²) in [4.78, 5) is 0. The van der Waals surface area contributed by atoms with E-state index in [0.717, 1.165) is 34.8 Å². The van der Waals surface area contributed by atoms with Crippen LogP contribution in [-0.4, -0.2) is 11.0 Å². The van der Waals surface area contributed by atoms with Crippen LogP contribution in [0.4, 0.5) is 0 Å². The van der Waals surface area contributed by atoms with E-state index >= 15 is 0 Å². The zero-order valence-electron chi connectivity index (χ0n) is 7.86. The number of thioether (sulfide) groups is 1. The molecule has 0 spiro atoms. The minimum atomic E-state index is 1.02. The van der Waals surface area contributed by atoms with Gasteiger partial charge < -0.3 is 0 Å². The van der Waals surface area contributed by atoms with Crippen LogP contribution in [0.3, 0.4) is 0 Å². The van der Waals surface area contributed by atoms with Gasteiger partial charge in [0, 0.05) is 5.25 Å². The molecule has 4 rings (SSSR count). The van der Waals surface area contributed by atoms with Gasteiger partial charge in [0.25, 0.3) is 0 Å². The molecular formula is C12H16S. The van der Waals surface area contributed by atoms with E-state index in [0.29, 0.717) is 0 Å². The second-order valence-corrected chi connectivity index (χ2v) is 6.54. The first kappa shape index (κ1) is 7.39. The second kappa shape index (κ2) is 2.36. The Morgan fingerprint density at radius 1 is 1.08 bits per heavy atom. The summed E-state index contributed by atoms with van der Waals surface area (Å²) in [6.07, 6.45) is 9.54. The van der Waals surface area contributed by atoms with E-state index in [1.165, 1.54) is 18.6 Å². The molecule has 3 aliphatic carbocycles. The van der Waals surface area contributed by atoms with E-state index in [2.05, 4.69) is 23.9 Å². The van der Waals surface area contributed by atoms with E-state index in [4.69, 9.17) is 0 Å². The molecule has 4 aliphatic rings. The molecule has 0 aromatic carbocycles. The summed E-state index contributed by atoms with van der Waals surface area (Å²) in [5.41, 5.74) is 0. The summed E-state index contributed by atoms with van der Waals surface area (Å²) in [7, 11) is 0. The molecule has 0 amide bonds. The molecule has 0 unspecified atom stereocenters. The van der Waals surface area contributed by atoms with E-state index < -0.39 is 0 Å². The van der Waals surface area contributed by atoms with Gasteiger partial charge in [-0.05, 0) is 54.6 Å². The molecule has 70 valence electrons. The van der Waals surface area contributed by atoms with Crippen molar-refractivity contribution < 1.29 is 0 Å². The van der Waals surface area contributed by atoms with E-state index in [9.17, 15) is 0 Å². The standard InChI is InChI=1S/C12H16S/c1-2-7-8(3-1)11-6-10(7)9-4-5-13-12(9)11/h1-2,7-12H,3-6H2/t7-,8+,9-,10-,11+,12-/m1/s1. The van der Waals surface area contributed by atoms with E-state index in [-0.39, 0.29) is 0 Å². The monoisotopic (exact) mass is 192 g/mol. The topological polar surface area (TPSA) is 0 Å². The zero-order chi connectivity index (χ0) is 8.41. The molecule has 1 aliphatic heterocycles. The van der Waals surface area contributed by atoms with Gasteiger partial charge in [0.2, 0.25) is 0 Å². The Kier molecular flexibility index (Phi) is 1.34. The Morgan fingerprint density at radius 3 is 3.08 bits per heavy atom. The van der Waals surface area contributed by atoms with Crippen molar-refractivity contribution in [2.45, 2.75) is 24.5 Å². The van der Waals surface area contributed by atoms with Crippen LogP contribution >= 0.6 is 11.8 Å². The highest BCUT2D eigenvalue weighted by atomic mass is 32.2. The Hall–Kier alpha value is 0.0900. The lowest BCUT2D eigenvalue weighted by Gasteiger charge is -2.33. The molecular weight excluding hydrogens is 176 g/mol. The fourth-order valence-electron chi connectivity index (χ4n) is 4.62. The van der Waals surface area contributed by atoms with E-state index in [1.54, 1.807) is 6.42 Å². The second-order valence-electron chi connectivity index (χ2n) is 5.26. The number of rotatable bonds is 0. The van der Waals surface area contributed by atoms with Crippen molar-refractivity contribution in [2.24, 2.45) is 29.6 Å². The molecule has 1 heteroatoms. The molecule has 6 atom stereocenters. The van der Waals surface area contributed by atoms with Gasteiger partial charge in [-0.25, -0.2) is 0 Å². The van der Waals surface area contributed by atoms with Crippen molar-refractivity contribution in [1.82, 2.24) is 0 Å². The SMILES string of the molecule is C1=C[C@H]2[C@H]3C[C@@H]([C@H]2C1)[C@@H]1SCC[C@H]31. The van der Waals surface area contributed by atoms with Crippen molar-refractivity contribution in [3.05, 3.63) is 12.2 Å². The number of fused-ring (bicyclic) bond motifs is 8. The van der Waals surface area contributed by atoms with Crippen molar-refractivity contribution in [2.75, 3.05) is 5.75 Å². The van der Waals surface area contributed by atoms with Crippen LogP contribution in [0, 0.1) is 29.6 Å². The highest BCUT2D eigenvalue weighted by molar-refractivity contribution is 8.00. The smallest absolute Gasteiger partial charge is 0.0110 e. The number of hydrogen-bond donors (Lipinski definition) is 0. The summed E-state index contributed by atoms with van der Waals surface area (Å²) in [6, 6.07) is 0. The molecule has 13 heavy (non-hydrogen) atoms. The summed E-state index contributed by atoms with van der Waals surface area (Å²) < 4.78 is 0. The lowest BCUT2D eigenvalue weighted by atomic mass is 9.74. The first-order chi connectivity index (χ1) is 6.45. The van der Waals surface area contributed by atoms with Gasteiger partial charge in [-0.3, -0.25) is 0 Å². The molecule has 2 bridgehead atoms. The third kappa shape index (κ3) is 0.766. The Morgan fingerprint density at radius 2 is 2.08 bits per heavy atom. The van der Waals surface area contributed by atoms with Crippen molar-refractivity contribution >= 4 is 11.8 Å². The molecule has 1 saturated heterocycles. The highest BCUT2D eigenvalue weighted by Gasteiger charge is 2.58. The molecule has 0 nitrogen and oxygen atoms in total. The molecule has 1 heterocycles. The van der Waals surface area contributed by atoms with Gasteiger partial charge in [0.05, 0.1) is 0 Å². The average Bonchev–Trinajstić information content (AvgIpc) is 2.81.